The van der Waals surface area contributed by atoms with Crippen LogP contribution in [0, 0.1) is 0 Å². The largest absolute Gasteiger partial charge is 0.698 e. The summed E-state index contributed by atoms with van der Waals surface area (Å²) in [6.07, 6.45) is -2.94. The Hall–Kier alpha value is -4.43. The second-order valence-electron chi connectivity index (χ2n) is 16.8. The topological polar surface area (TPSA) is 196 Å². The summed E-state index contributed by atoms with van der Waals surface area (Å²) >= 11 is 0. The number of rotatable bonds is 14. The second kappa shape index (κ2) is 16.7. The Morgan fingerprint density at radius 1 is 0.948 bits per heavy atom. The number of hydrogen-bond acceptors (Lipinski definition) is 11. The molecule has 15 nitrogen and oxygen atoms in total. The van der Waals surface area contributed by atoms with E-state index in [0.717, 1.165) is 10.4 Å². The van der Waals surface area contributed by atoms with E-state index in [2.05, 4.69) is 41.0 Å². The van der Waals surface area contributed by atoms with Crippen molar-refractivity contribution in [2.24, 2.45) is 0 Å². The van der Waals surface area contributed by atoms with E-state index in [1.165, 1.54) is 10.9 Å². The van der Waals surface area contributed by atoms with Crippen LogP contribution in [0.4, 0.5) is 5.95 Å². The summed E-state index contributed by atoms with van der Waals surface area (Å²) in [7, 11) is -9.48. The van der Waals surface area contributed by atoms with Crippen molar-refractivity contribution in [1.29, 1.82) is 0 Å². The van der Waals surface area contributed by atoms with Gasteiger partial charge >= 0.3 is 8.25 Å². The molecule has 0 radical (unpaired) electrons. The van der Waals surface area contributed by atoms with E-state index in [0.29, 0.717) is 5.75 Å². The number of nitrogens with zero attached hydrogens (tertiary/aromatic N) is 3. The Bertz CT molecular complexity index is 2240. The molecule has 3 heterocycles. The van der Waals surface area contributed by atoms with Gasteiger partial charge in [0.1, 0.15) is 18.0 Å². The van der Waals surface area contributed by atoms with E-state index in [1.807, 2.05) is 101 Å². The summed E-state index contributed by atoms with van der Waals surface area (Å²) in [5.41, 5.74) is -0.992. The second-order valence-corrected chi connectivity index (χ2v) is 26.5. The Morgan fingerprint density at radius 2 is 1.52 bits per heavy atom. The van der Waals surface area contributed by atoms with Crippen LogP contribution in [0.25, 0.3) is 11.2 Å². The number of para-hydroxylation sites is 1. The molecule has 18 heteroatoms. The molecular formula is C40H51N5O10PSi2+. The number of nitrogens with one attached hydrogen (secondary N) is 2. The third-order valence-corrected chi connectivity index (χ3v) is 20.7. The molecule has 0 aliphatic carbocycles. The lowest BCUT2D eigenvalue weighted by Gasteiger charge is -2.44. The first-order valence-corrected chi connectivity index (χ1v) is 24.8. The zero-order valence-electron chi connectivity index (χ0n) is 33.8. The van der Waals surface area contributed by atoms with Gasteiger partial charge in [-0.2, -0.15) is 4.98 Å². The summed E-state index contributed by atoms with van der Waals surface area (Å²) in [5.74, 6) is -3.04. The third kappa shape index (κ3) is 8.64. The minimum absolute atomic E-state index is 0.122. The van der Waals surface area contributed by atoms with E-state index in [9.17, 15) is 24.2 Å². The molecule has 1 saturated heterocycles. The lowest BCUT2D eigenvalue weighted by atomic mass is 10.1. The maximum Gasteiger partial charge on any atom is 0.698 e. The number of benzene rings is 3. The van der Waals surface area contributed by atoms with Crippen molar-refractivity contribution in [2.75, 3.05) is 18.5 Å². The van der Waals surface area contributed by atoms with Crippen molar-refractivity contribution in [3.8, 4) is 5.75 Å². The zero-order chi connectivity index (χ0) is 42.1. The molecule has 0 spiro atoms. The van der Waals surface area contributed by atoms with Crippen LogP contribution < -0.4 is 26.0 Å². The number of aromatic amines is 1. The van der Waals surface area contributed by atoms with E-state index in [1.54, 1.807) is 24.3 Å². The van der Waals surface area contributed by atoms with Gasteiger partial charge in [0.2, 0.25) is 5.95 Å². The van der Waals surface area contributed by atoms with E-state index in [-0.39, 0.29) is 35.4 Å². The maximum absolute atomic E-state index is 13.3. The minimum Gasteiger partial charge on any atom is -0.484 e. The molecule has 5 aromatic rings. The van der Waals surface area contributed by atoms with Gasteiger partial charge in [-0.15, -0.1) is 4.89 Å². The average molecular weight is 849 g/mol. The normalized spacial score (nSPS) is 20.6. The number of aliphatic hydroxyl groups is 1. The fourth-order valence-electron chi connectivity index (χ4n) is 6.97. The zero-order valence-corrected chi connectivity index (χ0v) is 36.7. The lowest BCUT2D eigenvalue weighted by molar-refractivity contribution is -0.226. The molecule has 1 aliphatic rings. The molecule has 0 bridgehead atoms. The third-order valence-electron chi connectivity index (χ3n) is 10.8. The molecule has 0 saturated carbocycles. The monoisotopic (exact) mass is 848 g/mol. The number of carbonyl (C=O) groups excluding carboxylic acids is 1. The molecule has 1 aliphatic heterocycles. The van der Waals surface area contributed by atoms with E-state index in [4.69, 9.17) is 22.8 Å². The van der Waals surface area contributed by atoms with E-state index >= 15 is 0 Å². The van der Waals surface area contributed by atoms with E-state index < -0.39 is 65.6 Å². The van der Waals surface area contributed by atoms with Gasteiger partial charge in [0.05, 0.1) is 12.9 Å². The predicted molar refractivity (Wildman–Crippen MR) is 224 cm³/mol. The summed E-state index contributed by atoms with van der Waals surface area (Å²) in [5, 5.41) is 16.4. The van der Waals surface area contributed by atoms with Crippen molar-refractivity contribution in [1.82, 2.24) is 19.5 Å². The number of anilines is 1. The Morgan fingerprint density at radius 3 is 2.05 bits per heavy atom. The summed E-state index contributed by atoms with van der Waals surface area (Å²) in [6, 6.07) is 28.7. The van der Waals surface area contributed by atoms with Crippen LogP contribution in [0.5, 0.6) is 5.75 Å². The minimum atomic E-state index is -3.46. The standard InChI is InChI=1S/C40H50N5O10PSi2/c1-38(2,3)57(7,8)54-33-30(24-52-58(39(4,5)6,28-20-14-10-15-21-28)29-22-16-11-17-23-29)53-36(40(33,48)55-56(49)50)45-26-41-32-34(45)43-37(44-35(32)47)42-31(46)25-51-27-18-12-9-13-19-27/h9-23,26,30,33,36,48H,24-25H2,1-8H3,(H2-,42,43,44,46,47,49,50)/p+1/t30-,33-,36-,40+/m1/s1. The fraction of sp³-hybridized carbons (Fsp3) is 0.400. The molecule has 308 valence electrons. The smallest absolute Gasteiger partial charge is 0.484 e. The summed E-state index contributed by atoms with van der Waals surface area (Å²) < 4.78 is 45.8. The fourth-order valence-corrected chi connectivity index (χ4v) is 13.3. The molecule has 58 heavy (non-hydrogen) atoms. The van der Waals surface area contributed by atoms with Crippen LogP contribution in [0.1, 0.15) is 47.8 Å². The van der Waals surface area contributed by atoms with Crippen molar-refractivity contribution < 1.29 is 42.2 Å². The van der Waals surface area contributed by atoms with Crippen LogP contribution in [0.2, 0.25) is 23.2 Å². The van der Waals surface area contributed by atoms with Crippen LogP contribution in [-0.2, 0) is 27.5 Å². The number of carbonyl (C=O) groups is 1. The van der Waals surface area contributed by atoms with Gasteiger partial charge in [0, 0.05) is 4.57 Å². The molecular weight excluding hydrogens is 798 g/mol. The molecule has 6 rings (SSSR count). The highest BCUT2D eigenvalue weighted by Crippen LogP contribution is 2.50. The lowest BCUT2D eigenvalue weighted by Crippen LogP contribution is -2.67. The number of aromatic nitrogens is 4. The molecule has 5 atom stereocenters. The first-order valence-electron chi connectivity index (χ1n) is 18.9. The Kier molecular flexibility index (Phi) is 12.4. The maximum atomic E-state index is 13.3. The van der Waals surface area contributed by atoms with Gasteiger partial charge in [-0.1, -0.05) is 125 Å². The highest BCUT2D eigenvalue weighted by molar-refractivity contribution is 7.32. The average Bonchev–Trinajstić information content (AvgIpc) is 3.69. The highest BCUT2D eigenvalue weighted by Gasteiger charge is 2.66. The molecule has 1 fully saturated rings. The number of hydrogen-bond donors (Lipinski definition) is 4. The van der Waals surface area contributed by atoms with Crippen LogP contribution in [0.3, 0.4) is 0 Å². The van der Waals surface area contributed by atoms with Crippen molar-refractivity contribution in [2.45, 2.75) is 88.9 Å². The summed E-state index contributed by atoms with van der Waals surface area (Å²) in [4.78, 5) is 47.7. The van der Waals surface area contributed by atoms with Gasteiger partial charge < -0.3 is 23.4 Å². The molecule has 1 unspecified atom stereocenters. The predicted octanol–water partition coefficient (Wildman–Crippen LogP) is 5.36. The van der Waals surface area contributed by atoms with Gasteiger partial charge in [-0.25, -0.2) is 4.98 Å². The number of ether oxygens (including phenoxy) is 2. The Balaban J connectivity index is 1.43. The molecule has 2 aromatic heterocycles. The van der Waals surface area contributed by atoms with Gasteiger partial charge in [0.15, 0.2) is 32.3 Å². The van der Waals surface area contributed by atoms with Gasteiger partial charge in [-0.3, -0.25) is 24.5 Å². The van der Waals surface area contributed by atoms with Crippen molar-refractivity contribution in [3.63, 3.8) is 0 Å². The quantitative estimate of drug-likeness (QED) is 0.0636. The van der Waals surface area contributed by atoms with Crippen molar-refractivity contribution >= 4 is 58.3 Å². The Labute approximate surface area is 339 Å². The number of amides is 1. The number of fused-ring (bicyclic) bond motifs is 1. The molecule has 4 N–H and O–H groups in total. The van der Waals surface area contributed by atoms with Crippen LogP contribution in [0.15, 0.2) is 102 Å². The molecule has 3 aromatic carbocycles. The van der Waals surface area contributed by atoms with Gasteiger partial charge in [-0.05, 0) is 45.7 Å². The summed E-state index contributed by atoms with van der Waals surface area (Å²) in [6.45, 7) is 15.9. The van der Waals surface area contributed by atoms with Crippen LogP contribution in [-0.4, -0.2) is 83.3 Å². The van der Waals surface area contributed by atoms with Gasteiger partial charge in [0.25, 0.3) is 25.6 Å². The van der Waals surface area contributed by atoms with Crippen LogP contribution >= 0.6 is 8.25 Å². The first-order chi connectivity index (χ1) is 27.3. The first kappa shape index (κ1) is 43.2. The number of imidazole rings is 1. The number of H-pyrrole nitrogens is 1. The highest BCUT2D eigenvalue weighted by atomic mass is 31.1. The molecule has 1 amide bonds. The SMILES string of the molecule is CC(C)(C)[Si](C)(C)O[C@@H]1[C@@H](CO[Si](c2ccccc2)(c2ccccc2)C(C)(C)C)O[C@@H](n2cnc3c(=O)[nH]c(NC(=O)COc4ccccc4)nc32)[C@@]1(O)O[P+](=O)O. The van der Waals surface area contributed by atoms with Crippen molar-refractivity contribution in [3.05, 3.63) is 108 Å².